The Hall–Kier alpha value is -3.66. The fourth-order valence-electron chi connectivity index (χ4n) is 2.39. The molecule has 2 aromatic carbocycles. The number of benzene rings is 2. The Balaban J connectivity index is 1.89. The first kappa shape index (κ1) is 18.1. The number of nitrogens with one attached hydrogen (secondary N) is 1. The molecular weight excluding hydrogens is 372 g/mol. The zero-order valence-corrected chi connectivity index (χ0v) is 14.7. The molecule has 1 aromatic heterocycles. The number of aryl methyl sites for hydroxylation is 1. The maximum Gasteiger partial charge on any atom is 0.277 e. The van der Waals surface area contributed by atoms with Crippen molar-refractivity contribution in [2.45, 2.75) is 6.92 Å². The Labute approximate surface area is 156 Å². The van der Waals surface area contributed by atoms with Crippen LogP contribution in [-0.4, -0.2) is 20.7 Å². The summed E-state index contributed by atoms with van der Waals surface area (Å²) in [5, 5.41) is 27.3. The zero-order chi connectivity index (χ0) is 19.6. The molecule has 0 saturated carbocycles. The number of amides is 1. The highest BCUT2D eigenvalue weighted by atomic mass is 32.1. The monoisotopic (exact) mass is 384 g/mol. The van der Waals surface area contributed by atoms with E-state index in [0.29, 0.717) is 5.69 Å². The summed E-state index contributed by atoms with van der Waals surface area (Å²) in [5.74, 6) is -0.687. The summed E-state index contributed by atoms with van der Waals surface area (Å²) in [6.07, 6.45) is 0. The van der Waals surface area contributed by atoms with Crippen molar-refractivity contribution in [3.05, 3.63) is 78.6 Å². The summed E-state index contributed by atoms with van der Waals surface area (Å²) in [6, 6.07) is 9.72. The van der Waals surface area contributed by atoms with Crippen molar-refractivity contribution in [1.82, 2.24) is 4.98 Å². The number of rotatable bonds is 5. The van der Waals surface area contributed by atoms with Crippen LogP contribution < -0.4 is 5.32 Å². The van der Waals surface area contributed by atoms with E-state index in [9.17, 15) is 25.0 Å². The van der Waals surface area contributed by atoms with Crippen LogP contribution in [0, 0.1) is 27.2 Å². The molecule has 3 rings (SSSR count). The van der Waals surface area contributed by atoms with Crippen LogP contribution >= 0.6 is 11.3 Å². The quantitative estimate of drug-likeness (QED) is 0.519. The highest BCUT2D eigenvalue weighted by Gasteiger charge is 2.20. The molecule has 1 heterocycles. The van der Waals surface area contributed by atoms with Crippen molar-refractivity contribution in [3.8, 4) is 11.3 Å². The highest BCUT2D eigenvalue weighted by molar-refractivity contribution is 7.09. The van der Waals surface area contributed by atoms with E-state index in [-0.39, 0.29) is 5.56 Å². The first-order chi connectivity index (χ1) is 12.8. The van der Waals surface area contributed by atoms with Crippen molar-refractivity contribution < 1.29 is 14.6 Å². The molecule has 1 N–H and O–H groups in total. The number of hydrogen-bond donors (Lipinski definition) is 1. The van der Waals surface area contributed by atoms with Gasteiger partial charge in [-0.15, -0.1) is 11.3 Å². The number of non-ortho nitro benzene ring substituents is 2. The van der Waals surface area contributed by atoms with Gasteiger partial charge in [0.05, 0.1) is 32.2 Å². The minimum atomic E-state index is -0.783. The van der Waals surface area contributed by atoms with E-state index >= 15 is 0 Å². The Morgan fingerprint density at radius 3 is 2.30 bits per heavy atom. The van der Waals surface area contributed by atoms with Gasteiger partial charge in [0.2, 0.25) is 0 Å². The van der Waals surface area contributed by atoms with Crippen LogP contribution in [0.3, 0.4) is 0 Å². The van der Waals surface area contributed by atoms with Crippen molar-refractivity contribution in [2.24, 2.45) is 0 Å². The second-order valence-electron chi connectivity index (χ2n) is 5.54. The predicted octanol–water partition coefficient (Wildman–Crippen LogP) is 4.19. The van der Waals surface area contributed by atoms with E-state index in [1.165, 1.54) is 11.3 Å². The van der Waals surface area contributed by atoms with E-state index in [0.717, 1.165) is 34.5 Å². The molecule has 0 spiro atoms. The molecular formula is C17H12N4O5S. The van der Waals surface area contributed by atoms with Gasteiger partial charge in [0, 0.05) is 28.8 Å². The van der Waals surface area contributed by atoms with Gasteiger partial charge in [-0.25, -0.2) is 4.98 Å². The molecule has 0 fully saturated rings. The molecule has 0 atom stereocenters. The third-order valence-corrected chi connectivity index (χ3v) is 4.40. The summed E-state index contributed by atoms with van der Waals surface area (Å²) >= 11 is 1.50. The van der Waals surface area contributed by atoms with Gasteiger partial charge in [-0.1, -0.05) is 12.1 Å². The normalized spacial score (nSPS) is 10.4. The molecule has 0 unspecified atom stereocenters. The van der Waals surface area contributed by atoms with E-state index < -0.39 is 27.1 Å². The predicted molar refractivity (Wildman–Crippen MR) is 100.0 cm³/mol. The number of carbonyl (C=O) groups excluding carboxylic acids is 1. The third-order valence-electron chi connectivity index (χ3n) is 3.62. The van der Waals surface area contributed by atoms with Gasteiger partial charge >= 0.3 is 0 Å². The minimum absolute atomic E-state index is 0.175. The van der Waals surface area contributed by atoms with Crippen LogP contribution in [0.2, 0.25) is 0 Å². The lowest BCUT2D eigenvalue weighted by Gasteiger charge is -2.07. The Kier molecular flexibility index (Phi) is 4.90. The van der Waals surface area contributed by atoms with Gasteiger partial charge < -0.3 is 5.32 Å². The van der Waals surface area contributed by atoms with Gasteiger partial charge in [-0.05, 0) is 19.1 Å². The van der Waals surface area contributed by atoms with Crippen LogP contribution in [0.4, 0.5) is 17.1 Å². The van der Waals surface area contributed by atoms with Gasteiger partial charge in [0.15, 0.2) is 0 Å². The number of nitro benzene ring substituents is 2. The molecule has 0 aliphatic carbocycles. The molecule has 0 aliphatic rings. The lowest BCUT2D eigenvalue weighted by Crippen LogP contribution is -2.12. The molecule has 10 heteroatoms. The summed E-state index contributed by atoms with van der Waals surface area (Å²) in [4.78, 5) is 37.2. The average molecular weight is 384 g/mol. The Morgan fingerprint density at radius 1 is 1.07 bits per heavy atom. The summed E-state index contributed by atoms with van der Waals surface area (Å²) in [6.45, 7) is 1.88. The minimum Gasteiger partial charge on any atom is -0.322 e. The van der Waals surface area contributed by atoms with Crippen LogP contribution in [0.5, 0.6) is 0 Å². The second kappa shape index (κ2) is 7.30. The van der Waals surface area contributed by atoms with Crippen molar-refractivity contribution >= 4 is 34.3 Å². The average Bonchev–Trinajstić information content (AvgIpc) is 3.08. The van der Waals surface area contributed by atoms with Crippen LogP contribution in [0.1, 0.15) is 15.4 Å². The number of anilines is 1. The van der Waals surface area contributed by atoms with Gasteiger partial charge in [0.1, 0.15) is 0 Å². The fraction of sp³-hybridized carbons (Fsp3) is 0.0588. The molecule has 3 aromatic rings. The molecule has 0 radical (unpaired) electrons. The first-order valence-electron chi connectivity index (χ1n) is 7.61. The van der Waals surface area contributed by atoms with Crippen molar-refractivity contribution in [2.75, 3.05) is 5.32 Å². The maximum atomic E-state index is 12.4. The van der Waals surface area contributed by atoms with E-state index in [2.05, 4.69) is 10.3 Å². The third kappa shape index (κ3) is 4.12. The molecule has 27 heavy (non-hydrogen) atoms. The highest BCUT2D eigenvalue weighted by Crippen LogP contribution is 2.26. The number of nitrogens with zero attached hydrogens (tertiary/aromatic N) is 3. The largest absolute Gasteiger partial charge is 0.322 e. The number of aromatic nitrogens is 1. The smallest absolute Gasteiger partial charge is 0.277 e. The van der Waals surface area contributed by atoms with Crippen LogP contribution in [-0.2, 0) is 0 Å². The topological polar surface area (TPSA) is 128 Å². The molecule has 9 nitrogen and oxygen atoms in total. The van der Waals surface area contributed by atoms with Gasteiger partial charge in [-0.3, -0.25) is 25.0 Å². The van der Waals surface area contributed by atoms with Crippen molar-refractivity contribution in [1.29, 1.82) is 0 Å². The molecule has 136 valence electrons. The number of nitro groups is 2. The SMILES string of the molecule is Cc1nc(-c2cccc(NC(=O)c3cc([N+](=O)[O-])cc([N+](=O)[O-])c3)c2)cs1. The summed E-state index contributed by atoms with van der Waals surface area (Å²) < 4.78 is 0. The Morgan fingerprint density at radius 2 is 1.74 bits per heavy atom. The van der Waals surface area contributed by atoms with E-state index in [1.54, 1.807) is 18.2 Å². The van der Waals surface area contributed by atoms with E-state index in [4.69, 9.17) is 0 Å². The standard InChI is InChI=1S/C17H12N4O5S/c1-10-18-16(9-27-10)11-3-2-4-13(5-11)19-17(22)12-6-14(20(23)24)8-15(7-12)21(25)26/h2-9H,1H3,(H,19,22). The Bertz CT molecular complexity index is 1030. The lowest BCUT2D eigenvalue weighted by molar-refractivity contribution is -0.394. The summed E-state index contributed by atoms with van der Waals surface area (Å²) in [7, 11) is 0. The molecule has 0 bridgehead atoms. The number of carbonyl (C=O) groups is 1. The fourth-order valence-corrected chi connectivity index (χ4v) is 3.01. The first-order valence-corrected chi connectivity index (χ1v) is 8.49. The van der Waals surface area contributed by atoms with Crippen molar-refractivity contribution in [3.63, 3.8) is 0 Å². The molecule has 0 aliphatic heterocycles. The molecule has 1 amide bonds. The van der Waals surface area contributed by atoms with Gasteiger partial charge in [-0.2, -0.15) is 0 Å². The lowest BCUT2D eigenvalue weighted by atomic mass is 10.1. The zero-order valence-electron chi connectivity index (χ0n) is 13.9. The maximum absolute atomic E-state index is 12.4. The number of thiazole rings is 1. The van der Waals surface area contributed by atoms with Crippen LogP contribution in [0.25, 0.3) is 11.3 Å². The second-order valence-corrected chi connectivity index (χ2v) is 6.60. The number of hydrogen-bond acceptors (Lipinski definition) is 7. The summed E-state index contributed by atoms with van der Waals surface area (Å²) in [5.41, 5.74) is 0.770. The van der Waals surface area contributed by atoms with Gasteiger partial charge in [0.25, 0.3) is 17.3 Å². The molecule has 0 saturated heterocycles. The van der Waals surface area contributed by atoms with E-state index in [1.807, 2.05) is 18.4 Å². The van der Waals surface area contributed by atoms with Crippen LogP contribution in [0.15, 0.2) is 47.8 Å².